The van der Waals surface area contributed by atoms with E-state index in [4.69, 9.17) is 9.88 Å². The molecule has 0 unspecified atom stereocenters. The SMILES string of the molecule is Cc1cc(S(N)(=O)=O)cc(C)c1OCc1ccc(Br)cc1. The molecule has 0 saturated carbocycles. The molecule has 4 nitrogen and oxygen atoms in total. The largest absolute Gasteiger partial charge is 0.488 e. The molecule has 0 atom stereocenters. The Bertz CT molecular complexity index is 732. The molecule has 0 saturated heterocycles. The van der Waals surface area contributed by atoms with E-state index in [1.807, 2.05) is 24.3 Å². The number of aryl methyl sites for hydroxylation is 2. The smallest absolute Gasteiger partial charge is 0.238 e. The van der Waals surface area contributed by atoms with Gasteiger partial charge in [0.2, 0.25) is 10.0 Å². The molecule has 2 aromatic rings. The van der Waals surface area contributed by atoms with Gasteiger partial charge in [-0.1, -0.05) is 28.1 Å². The molecule has 2 rings (SSSR count). The molecule has 0 radical (unpaired) electrons. The minimum Gasteiger partial charge on any atom is -0.488 e. The molecule has 0 aliphatic heterocycles. The normalized spacial score (nSPS) is 11.4. The molecule has 0 aliphatic rings. The van der Waals surface area contributed by atoms with Gasteiger partial charge in [-0.3, -0.25) is 0 Å². The molecule has 2 aromatic carbocycles. The number of ether oxygens (including phenoxy) is 1. The Balaban J connectivity index is 2.23. The first-order valence-corrected chi connectivity index (χ1v) is 8.62. The van der Waals surface area contributed by atoms with Crippen LogP contribution in [0.2, 0.25) is 0 Å². The Kier molecular flexibility index (Phi) is 4.70. The third-order valence-corrected chi connectivity index (χ3v) is 4.48. The lowest BCUT2D eigenvalue weighted by molar-refractivity contribution is 0.301. The van der Waals surface area contributed by atoms with Gasteiger partial charge in [-0.05, 0) is 54.8 Å². The molecular formula is C15H16BrNO3S. The highest BCUT2D eigenvalue weighted by Gasteiger charge is 2.13. The van der Waals surface area contributed by atoms with Gasteiger partial charge in [0.05, 0.1) is 4.90 Å². The van der Waals surface area contributed by atoms with E-state index in [1.54, 1.807) is 13.8 Å². The van der Waals surface area contributed by atoms with Crippen molar-refractivity contribution < 1.29 is 13.2 Å². The monoisotopic (exact) mass is 369 g/mol. The first-order chi connectivity index (χ1) is 9.77. The van der Waals surface area contributed by atoms with Crippen molar-refractivity contribution in [2.75, 3.05) is 0 Å². The maximum atomic E-state index is 11.4. The summed E-state index contributed by atoms with van der Waals surface area (Å²) in [6.45, 7) is 4.03. The van der Waals surface area contributed by atoms with E-state index < -0.39 is 10.0 Å². The third kappa shape index (κ3) is 4.06. The Labute approximate surface area is 133 Å². The van der Waals surface area contributed by atoms with Gasteiger partial charge in [0.25, 0.3) is 0 Å². The van der Waals surface area contributed by atoms with Gasteiger partial charge in [0.1, 0.15) is 12.4 Å². The fourth-order valence-electron chi connectivity index (χ4n) is 2.04. The van der Waals surface area contributed by atoms with E-state index in [9.17, 15) is 8.42 Å². The second kappa shape index (κ2) is 6.17. The molecule has 2 N–H and O–H groups in total. The van der Waals surface area contributed by atoms with Gasteiger partial charge in [-0.15, -0.1) is 0 Å². The topological polar surface area (TPSA) is 69.4 Å². The first-order valence-electron chi connectivity index (χ1n) is 6.28. The summed E-state index contributed by atoms with van der Waals surface area (Å²) >= 11 is 3.38. The summed E-state index contributed by atoms with van der Waals surface area (Å²) < 4.78 is 29.6. The zero-order valence-corrected chi connectivity index (χ0v) is 14.2. The Hall–Kier alpha value is -1.37. The number of sulfonamides is 1. The molecule has 0 aromatic heterocycles. The van der Waals surface area contributed by atoms with E-state index >= 15 is 0 Å². The summed E-state index contributed by atoms with van der Waals surface area (Å²) in [5, 5.41) is 5.15. The summed E-state index contributed by atoms with van der Waals surface area (Å²) in [4.78, 5) is 0.105. The van der Waals surface area contributed by atoms with Crippen LogP contribution in [-0.2, 0) is 16.6 Å². The van der Waals surface area contributed by atoms with Crippen molar-refractivity contribution in [2.45, 2.75) is 25.3 Å². The summed E-state index contributed by atoms with van der Waals surface area (Å²) in [5.41, 5.74) is 2.53. The molecule has 0 aliphatic carbocycles. The molecule has 0 bridgehead atoms. The van der Waals surface area contributed by atoms with Crippen LogP contribution in [0.3, 0.4) is 0 Å². The van der Waals surface area contributed by atoms with Crippen LogP contribution in [0.1, 0.15) is 16.7 Å². The maximum absolute atomic E-state index is 11.4. The number of nitrogens with two attached hydrogens (primary N) is 1. The van der Waals surface area contributed by atoms with E-state index in [-0.39, 0.29) is 4.90 Å². The van der Waals surface area contributed by atoms with Crippen LogP contribution >= 0.6 is 15.9 Å². The standard InChI is InChI=1S/C15H16BrNO3S/c1-10-7-14(21(17,18)19)8-11(2)15(10)20-9-12-3-5-13(16)6-4-12/h3-8H,9H2,1-2H3,(H2,17,18,19). The van der Waals surface area contributed by atoms with Crippen molar-refractivity contribution in [3.05, 3.63) is 57.6 Å². The van der Waals surface area contributed by atoms with E-state index in [0.717, 1.165) is 21.2 Å². The number of halogens is 1. The first kappa shape index (κ1) is 16.0. The van der Waals surface area contributed by atoms with Crippen LogP contribution in [0, 0.1) is 13.8 Å². The van der Waals surface area contributed by atoms with Crippen molar-refractivity contribution in [1.29, 1.82) is 0 Å². The summed E-state index contributed by atoms with van der Waals surface area (Å²) in [6, 6.07) is 10.9. The van der Waals surface area contributed by atoms with Crippen LogP contribution in [0.5, 0.6) is 5.75 Å². The van der Waals surface area contributed by atoms with Crippen molar-refractivity contribution in [3.8, 4) is 5.75 Å². The summed E-state index contributed by atoms with van der Waals surface area (Å²) in [6.07, 6.45) is 0. The van der Waals surface area contributed by atoms with Gasteiger partial charge in [0, 0.05) is 4.47 Å². The lowest BCUT2D eigenvalue weighted by Crippen LogP contribution is -2.13. The molecule has 0 fully saturated rings. The van der Waals surface area contributed by atoms with Crippen LogP contribution in [0.4, 0.5) is 0 Å². The zero-order valence-electron chi connectivity index (χ0n) is 11.8. The Morgan fingerprint density at radius 1 is 1.10 bits per heavy atom. The van der Waals surface area contributed by atoms with Crippen molar-refractivity contribution >= 4 is 26.0 Å². The van der Waals surface area contributed by atoms with Crippen molar-refractivity contribution in [2.24, 2.45) is 5.14 Å². The highest BCUT2D eigenvalue weighted by atomic mass is 79.9. The predicted molar refractivity (Wildman–Crippen MR) is 85.8 cm³/mol. The van der Waals surface area contributed by atoms with E-state index in [2.05, 4.69) is 15.9 Å². The van der Waals surface area contributed by atoms with Gasteiger partial charge < -0.3 is 4.74 Å². The second-order valence-corrected chi connectivity index (χ2v) is 7.32. The van der Waals surface area contributed by atoms with Crippen LogP contribution < -0.4 is 9.88 Å². The highest BCUT2D eigenvalue weighted by Crippen LogP contribution is 2.27. The third-order valence-electron chi connectivity index (χ3n) is 3.06. The molecule has 6 heteroatoms. The van der Waals surface area contributed by atoms with E-state index in [1.165, 1.54) is 12.1 Å². The zero-order chi connectivity index (χ0) is 15.6. The average Bonchev–Trinajstić information content (AvgIpc) is 2.38. The van der Waals surface area contributed by atoms with Gasteiger partial charge in [-0.2, -0.15) is 0 Å². The molecular weight excluding hydrogens is 354 g/mol. The van der Waals surface area contributed by atoms with Crippen LogP contribution in [0.25, 0.3) is 0 Å². The average molecular weight is 370 g/mol. The Morgan fingerprint density at radius 2 is 1.62 bits per heavy atom. The number of primary sulfonamides is 1. The Morgan fingerprint density at radius 3 is 2.10 bits per heavy atom. The van der Waals surface area contributed by atoms with Gasteiger partial charge in [-0.25, -0.2) is 13.6 Å². The number of rotatable bonds is 4. The number of benzene rings is 2. The molecule has 21 heavy (non-hydrogen) atoms. The second-order valence-electron chi connectivity index (χ2n) is 4.85. The van der Waals surface area contributed by atoms with Crippen molar-refractivity contribution in [1.82, 2.24) is 0 Å². The summed E-state index contributed by atoms with van der Waals surface area (Å²) in [7, 11) is -3.70. The minimum atomic E-state index is -3.70. The predicted octanol–water partition coefficient (Wildman–Crippen LogP) is 3.29. The molecule has 0 amide bonds. The lowest BCUT2D eigenvalue weighted by atomic mass is 10.1. The number of hydrogen-bond donors (Lipinski definition) is 1. The quantitative estimate of drug-likeness (QED) is 0.898. The van der Waals surface area contributed by atoms with E-state index in [0.29, 0.717) is 12.4 Å². The van der Waals surface area contributed by atoms with Crippen LogP contribution in [0.15, 0.2) is 45.8 Å². The maximum Gasteiger partial charge on any atom is 0.238 e. The molecule has 112 valence electrons. The lowest BCUT2D eigenvalue weighted by Gasteiger charge is -2.13. The highest BCUT2D eigenvalue weighted by molar-refractivity contribution is 9.10. The molecule has 0 heterocycles. The minimum absolute atomic E-state index is 0.105. The van der Waals surface area contributed by atoms with Gasteiger partial charge in [0.15, 0.2) is 0 Å². The van der Waals surface area contributed by atoms with Crippen LogP contribution in [-0.4, -0.2) is 8.42 Å². The van der Waals surface area contributed by atoms with Gasteiger partial charge >= 0.3 is 0 Å². The summed E-state index contributed by atoms with van der Waals surface area (Å²) in [5.74, 6) is 0.685. The number of hydrogen-bond acceptors (Lipinski definition) is 3. The fourth-order valence-corrected chi connectivity index (χ4v) is 2.99. The molecule has 0 spiro atoms. The van der Waals surface area contributed by atoms with Crippen molar-refractivity contribution in [3.63, 3.8) is 0 Å². The fraction of sp³-hybridized carbons (Fsp3) is 0.200.